The molecule has 0 aliphatic heterocycles. The Balaban J connectivity index is 1.92. The molecule has 0 unspecified atom stereocenters. The van der Waals surface area contributed by atoms with Crippen molar-refractivity contribution in [3.8, 4) is 17.2 Å². The van der Waals surface area contributed by atoms with Gasteiger partial charge in [0.05, 0.1) is 0 Å². The van der Waals surface area contributed by atoms with Crippen molar-refractivity contribution < 1.29 is 14.2 Å². The molecule has 0 aromatic heterocycles. The van der Waals surface area contributed by atoms with E-state index >= 15 is 0 Å². The summed E-state index contributed by atoms with van der Waals surface area (Å²) < 4.78 is 17.2. The van der Waals surface area contributed by atoms with Crippen molar-refractivity contribution in [2.45, 2.75) is 20.8 Å². The van der Waals surface area contributed by atoms with Crippen molar-refractivity contribution in [1.82, 2.24) is 0 Å². The van der Waals surface area contributed by atoms with E-state index in [2.05, 4.69) is 166 Å². The molecule has 5 heteroatoms. The van der Waals surface area contributed by atoms with Crippen LogP contribution in [0.5, 0.6) is 17.2 Å². The van der Waals surface area contributed by atoms with Gasteiger partial charge in [0.1, 0.15) is 0 Å². The third kappa shape index (κ3) is 5.73. The van der Waals surface area contributed by atoms with Crippen LogP contribution in [0.15, 0.2) is 146 Å². The van der Waals surface area contributed by atoms with Gasteiger partial charge in [-0.25, -0.2) is 0 Å². The Labute approximate surface area is 280 Å². The van der Waals surface area contributed by atoms with Crippen LogP contribution < -0.4 is 46.0 Å². The van der Waals surface area contributed by atoms with Crippen LogP contribution in [0.3, 0.4) is 0 Å². The van der Waals surface area contributed by atoms with Crippen LogP contribution in [0.1, 0.15) is 16.7 Å². The molecule has 6 aromatic rings. The van der Waals surface area contributed by atoms with Gasteiger partial charge in [-0.2, -0.15) is 0 Å². The van der Waals surface area contributed by atoms with Crippen LogP contribution in [-0.2, 0) is 0 Å². The zero-order chi connectivity index (χ0) is 33.0. The Hall–Kier alpha value is -4.42. The van der Waals surface area contributed by atoms with E-state index in [0.717, 1.165) is 17.2 Å². The van der Waals surface area contributed by atoms with E-state index in [0.29, 0.717) is 0 Å². The van der Waals surface area contributed by atoms with Gasteiger partial charge in [-0.05, 0) is 0 Å². The first kappa shape index (κ1) is 32.5. The van der Waals surface area contributed by atoms with E-state index in [1.165, 1.54) is 48.5 Å². The molecule has 0 radical (unpaired) electrons. The quantitative estimate of drug-likeness (QED) is 0.145. The molecule has 0 atom stereocenters. The fourth-order valence-electron chi connectivity index (χ4n) is 7.23. The molecule has 6 aromatic carbocycles. The van der Waals surface area contributed by atoms with Crippen LogP contribution in [0, 0.1) is 20.8 Å². The topological polar surface area (TPSA) is 27.7 Å². The number of hydrogen-bond acceptors (Lipinski definition) is 3. The molecule has 0 bridgehead atoms. The van der Waals surface area contributed by atoms with Gasteiger partial charge in [0, 0.05) is 0 Å². The molecule has 240 valence electrons. The molecule has 0 aliphatic rings. The number of hydrogen-bond donors (Lipinski definition) is 0. The monoisotopic (exact) mass is 658 g/mol. The molecule has 0 heterocycles. The summed E-state index contributed by atoms with van der Waals surface area (Å²) in [4.78, 5) is 0. The first-order valence-corrected chi connectivity index (χ1v) is 21.0. The summed E-state index contributed by atoms with van der Waals surface area (Å²) in [6, 6.07) is 54.8. The van der Waals surface area contributed by atoms with Crippen molar-refractivity contribution in [3.63, 3.8) is 0 Å². The third-order valence-electron chi connectivity index (χ3n) is 9.59. The second-order valence-electron chi connectivity index (χ2n) is 12.3. The van der Waals surface area contributed by atoms with Gasteiger partial charge in [-0.3, -0.25) is 0 Å². The predicted octanol–water partition coefficient (Wildman–Crippen LogP) is 7.31. The van der Waals surface area contributed by atoms with E-state index in [1.54, 1.807) is 21.3 Å². The summed E-state index contributed by atoms with van der Waals surface area (Å²) in [5, 5.41) is 8.10. The van der Waals surface area contributed by atoms with Gasteiger partial charge < -0.3 is 0 Å². The van der Waals surface area contributed by atoms with Gasteiger partial charge >= 0.3 is 282 Å². The number of aryl methyl sites for hydroxylation is 3. The van der Waals surface area contributed by atoms with Crippen molar-refractivity contribution in [2.24, 2.45) is 0 Å². The first-order chi connectivity index (χ1) is 22.9. The van der Waals surface area contributed by atoms with Crippen molar-refractivity contribution in [3.05, 3.63) is 162 Å². The van der Waals surface area contributed by atoms with Gasteiger partial charge in [-0.15, -0.1) is 0 Å². The molecule has 0 saturated heterocycles. The van der Waals surface area contributed by atoms with Crippen LogP contribution in [0.25, 0.3) is 0 Å². The minimum atomic E-state index is -3.11. The third-order valence-corrected chi connectivity index (χ3v) is 26.5. The van der Waals surface area contributed by atoms with Crippen LogP contribution in [0.4, 0.5) is 0 Å². The van der Waals surface area contributed by atoms with Gasteiger partial charge in [0.25, 0.3) is 0 Å². The van der Waals surface area contributed by atoms with Crippen molar-refractivity contribution in [2.75, 3.05) is 21.3 Å². The molecule has 0 spiro atoms. The Bertz CT molecular complexity index is 1690. The molecule has 3 nitrogen and oxygen atoms in total. The number of rotatable bonds is 10. The molecule has 0 aliphatic carbocycles. The Morgan fingerprint density at radius 3 is 0.617 bits per heavy atom. The molecule has 0 fully saturated rings. The van der Waals surface area contributed by atoms with Gasteiger partial charge in [0.2, 0.25) is 0 Å². The van der Waals surface area contributed by atoms with Crippen LogP contribution >= 0.6 is 13.9 Å². The average Bonchev–Trinajstić information content (AvgIpc) is 3.12. The summed E-state index contributed by atoms with van der Waals surface area (Å²) in [5.41, 5.74) is 3.74. The number of benzene rings is 6. The second kappa shape index (κ2) is 13.7. The summed E-state index contributed by atoms with van der Waals surface area (Å²) >= 11 is 0. The maximum absolute atomic E-state index is 5.73. The second-order valence-corrected chi connectivity index (χ2v) is 23.2. The molecular formula is C42H44O3P2. The zero-order valence-corrected chi connectivity index (χ0v) is 30.1. The van der Waals surface area contributed by atoms with Crippen LogP contribution in [-0.4, -0.2) is 21.3 Å². The molecule has 0 saturated carbocycles. The fraction of sp³-hybridized carbons (Fsp3) is 0.143. The molecule has 0 N–H and O–H groups in total. The minimum absolute atomic E-state index is 0.842. The van der Waals surface area contributed by atoms with Crippen LogP contribution in [0.2, 0.25) is 0 Å². The van der Waals surface area contributed by atoms with E-state index in [1.807, 2.05) is 0 Å². The molecule has 6 rings (SSSR count). The van der Waals surface area contributed by atoms with Crippen molar-refractivity contribution in [1.29, 1.82) is 0 Å². The Kier molecular flexibility index (Phi) is 9.51. The average molecular weight is 659 g/mol. The summed E-state index contributed by atoms with van der Waals surface area (Å²) in [6.45, 7) is 0.343. The summed E-state index contributed by atoms with van der Waals surface area (Å²) in [5.74, 6) is 2.53. The first-order valence-electron chi connectivity index (χ1n) is 16.0. The van der Waals surface area contributed by atoms with Gasteiger partial charge in [-0.1, -0.05) is 0 Å². The molecule has 0 amide bonds. The predicted molar refractivity (Wildman–Crippen MR) is 207 cm³/mol. The van der Waals surface area contributed by atoms with Gasteiger partial charge in [0.15, 0.2) is 0 Å². The van der Waals surface area contributed by atoms with E-state index in [4.69, 9.17) is 14.2 Å². The summed E-state index contributed by atoms with van der Waals surface area (Å²) in [6.07, 6.45) is 0. The maximum atomic E-state index is 5.73. The van der Waals surface area contributed by atoms with E-state index < -0.39 is 13.9 Å². The normalized spacial score (nSPS) is 12.3. The zero-order valence-electron chi connectivity index (χ0n) is 28.1. The molecule has 47 heavy (non-hydrogen) atoms. The number of methoxy groups -OCH3 is 3. The summed E-state index contributed by atoms with van der Waals surface area (Å²) in [7, 11) is 5.20. The Morgan fingerprint density at radius 2 is 0.447 bits per heavy atom. The standard InChI is InChI=1S/C42H44O3P2/c1-31-7-19-37(20-8-31)46(38-21-9-32(2)10-22-38,39-23-11-33(3)12-24-39)47(40-25-13-34(43-4)14-26-40,41-27-15-35(44-5)16-28-41)42-29-17-36(45-6)18-30-42/h7-30,46-47H,1-6H3. The van der Waals surface area contributed by atoms with E-state index in [-0.39, 0.29) is 0 Å². The Morgan fingerprint density at radius 1 is 0.277 bits per heavy atom. The van der Waals surface area contributed by atoms with E-state index in [9.17, 15) is 0 Å². The fourth-order valence-corrected chi connectivity index (χ4v) is 26.6. The SMILES string of the molecule is COc1ccc([PH](c2ccc(OC)cc2)(c2ccc(OC)cc2)[PH](c2ccc(C)cc2)(c2ccc(C)cc2)c2ccc(C)cc2)cc1. The number of ether oxygens (including phenoxy) is 3. The molecular weight excluding hydrogens is 614 g/mol. The van der Waals surface area contributed by atoms with Crippen molar-refractivity contribution >= 4 is 45.7 Å².